The third-order valence-electron chi connectivity index (χ3n) is 2.88. The zero-order valence-electron chi connectivity index (χ0n) is 11.1. The summed E-state index contributed by atoms with van der Waals surface area (Å²) >= 11 is 0. The standard InChI is InChI=1S/C14H16FN3O/c1-8-4-5-9-7-10(12(16)13(15)17-2)14(19-3)18-11(9)6-8/h4-7,17H,16H2,1-3H3/b13-12-. The van der Waals surface area contributed by atoms with Gasteiger partial charge in [-0.3, -0.25) is 0 Å². The maximum atomic E-state index is 13.6. The average Bonchev–Trinajstić information content (AvgIpc) is 2.44. The lowest BCUT2D eigenvalue weighted by Gasteiger charge is -2.11. The summed E-state index contributed by atoms with van der Waals surface area (Å²) < 4.78 is 18.7. The summed E-state index contributed by atoms with van der Waals surface area (Å²) in [6.45, 7) is 1.98. The van der Waals surface area contributed by atoms with Crippen molar-refractivity contribution in [1.29, 1.82) is 0 Å². The van der Waals surface area contributed by atoms with Crippen LogP contribution in [-0.2, 0) is 0 Å². The van der Waals surface area contributed by atoms with Crippen molar-refractivity contribution in [2.45, 2.75) is 6.92 Å². The number of halogens is 1. The van der Waals surface area contributed by atoms with E-state index in [-0.39, 0.29) is 5.70 Å². The fourth-order valence-corrected chi connectivity index (χ4v) is 1.86. The van der Waals surface area contributed by atoms with Gasteiger partial charge in [-0.25, -0.2) is 4.98 Å². The fourth-order valence-electron chi connectivity index (χ4n) is 1.86. The molecule has 100 valence electrons. The van der Waals surface area contributed by atoms with Crippen LogP contribution in [0, 0.1) is 6.92 Å². The molecule has 2 rings (SSSR count). The zero-order valence-corrected chi connectivity index (χ0v) is 11.1. The van der Waals surface area contributed by atoms with Crippen LogP contribution in [0.5, 0.6) is 5.88 Å². The molecule has 1 heterocycles. The van der Waals surface area contributed by atoms with Gasteiger partial charge in [0.2, 0.25) is 11.8 Å². The monoisotopic (exact) mass is 261 g/mol. The zero-order chi connectivity index (χ0) is 14.0. The largest absolute Gasteiger partial charge is 0.480 e. The molecule has 0 aliphatic rings. The van der Waals surface area contributed by atoms with Gasteiger partial charge >= 0.3 is 0 Å². The van der Waals surface area contributed by atoms with E-state index in [1.165, 1.54) is 14.2 Å². The molecule has 0 radical (unpaired) electrons. The third-order valence-corrected chi connectivity index (χ3v) is 2.88. The summed E-state index contributed by atoms with van der Waals surface area (Å²) in [5.74, 6) is -0.299. The van der Waals surface area contributed by atoms with E-state index < -0.39 is 5.95 Å². The van der Waals surface area contributed by atoms with Gasteiger partial charge in [-0.2, -0.15) is 4.39 Å². The maximum absolute atomic E-state index is 13.6. The summed E-state index contributed by atoms with van der Waals surface area (Å²) in [7, 11) is 2.95. The third kappa shape index (κ3) is 2.45. The molecule has 0 aliphatic carbocycles. The van der Waals surface area contributed by atoms with Gasteiger partial charge < -0.3 is 15.8 Å². The summed E-state index contributed by atoms with van der Waals surface area (Å²) in [6.07, 6.45) is 0. The highest BCUT2D eigenvalue weighted by Gasteiger charge is 2.13. The predicted molar refractivity (Wildman–Crippen MR) is 74.3 cm³/mol. The molecule has 0 unspecified atom stereocenters. The second-order valence-electron chi connectivity index (χ2n) is 4.22. The Morgan fingerprint density at radius 2 is 2.11 bits per heavy atom. The number of aromatic nitrogens is 1. The first kappa shape index (κ1) is 13.1. The summed E-state index contributed by atoms with van der Waals surface area (Å²) in [4.78, 5) is 4.36. The van der Waals surface area contributed by atoms with Crippen LogP contribution < -0.4 is 15.8 Å². The molecular weight excluding hydrogens is 245 g/mol. The van der Waals surface area contributed by atoms with Gasteiger partial charge in [-0.05, 0) is 24.6 Å². The van der Waals surface area contributed by atoms with Gasteiger partial charge in [0.1, 0.15) is 0 Å². The van der Waals surface area contributed by atoms with E-state index in [0.29, 0.717) is 11.4 Å². The number of hydrogen-bond donors (Lipinski definition) is 2. The minimum absolute atomic E-state index is 0.0191. The van der Waals surface area contributed by atoms with Gasteiger partial charge in [-0.1, -0.05) is 12.1 Å². The van der Waals surface area contributed by atoms with Crippen LogP contribution in [0.3, 0.4) is 0 Å². The minimum atomic E-state index is -0.605. The second kappa shape index (κ2) is 5.14. The number of ether oxygens (including phenoxy) is 1. The highest BCUT2D eigenvalue weighted by atomic mass is 19.1. The van der Waals surface area contributed by atoms with Crippen molar-refractivity contribution < 1.29 is 9.13 Å². The molecule has 0 aliphatic heterocycles. The van der Waals surface area contributed by atoms with Crippen LogP contribution in [0.25, 0.3) is 16.6 Å². The molecule has 0 saturated heterocycles. The first-order valence-corrected chi connectivity index (χ1v) is 5.85. The number of aryl methyl sites for hydroxylation is 1. The van der Waals surface area contributed by atoms with Crippen molar-refractivity contribution in [3.63, 3.8) is 0 Å². The first-order chi connectivity index (χ1) is 9.06. The molecule has 0 amide bonds. The summed E-state index contributed by atoms with van der Waals surface area (Å²) in [6, 6.07) is 7.60. The molecule has 5 heteroatoms. The number of nitrogens with zero attached hydrogens (tertiary/aromatic N) is 1. The molecule has 0 bridgehead atoms. The average molecular weight is 261 g/mol. The number of pyridine rings is 1. The Kier molecular flexibility index (Phi) is 3.55. The normalized spacial score (nSPS) is 12.2. The van der Waals surface area contributed by atoms with E-state index in [1.54, 1.807) is 6.07 Å². The maximum Gasteiger partial charge on any atom is 0.223 e. The highest BCUT2D eigenvalue weighted by Crippen LogP contribution is 2.27. The van der Waals surface area contributed by atoms with Crippen LogP contribution in [0.4, 0.5) is 4.39 Å². The van der Waals surface area contributed by atoms with Crippen molar-refractivity contribution >= 4 is 16.6 Å². The Bertz CT molecular complexity index is 652. The highest BCUT2D eigenvalue weighted by molar-refractivity contribution is 5.85. The topological polar surface area (TPSA) is 60.2 Å². The lowest BCUT2D eigenvalue weighted by atomic mass is 10.1. The van der Waals surface area contributed by atoms with Crippen molar-refractivity contribution in [2.75, 3.05) is 14.2 Å². The van der Waals surface area contributed by atoms with Crippen LogP contribution in [0.1, 0.15) is 11.1 Å². The van der Waals surface area contributed by atoms with E-state index >= 15 is 0 Å². The Balaban J connectivity index is 2.70. The van der Waals surface area contributed by atoms with Crippen LogP contribution >= 0.6 is 0 Å². The van der Waals surface area contributed by atoms with Gasteiger partial charge in [0.05, 0.1) is 23.9 Å². The van der Waals surface area contributed by atoms with Crippen molar-refractivity contribution in [1.82, 2.24) is 10.3 Å². The number of rotatable bonds is 3. The Morgan fingerprint density at radius 3 is 2.74 bits per heavy atom. The number of fused-ring (bicyclic) bond motifs is 1. The molecular formula is C14H16FN3O. The molecule has 2 aromatic rings. The number of nitrogens with one attached hydrogen (secondary N) is 1. The van der Waals surface area contributed by atoms with Crippen LogP contribution in [-0.4, -0.2) is 19.1 Å². The van der Waals surface area contributed by atoms with Gasteiger partial charge in [-0.15, -0.1) is 0 Å². The Morgan fingerprint density at radius 1 is 1.37 bits per heavy atom. The van der Waals surface area contributed by atoms with Crippen molar-refractivity contribution in [3.05, 3.63) is 41.3 Å². The second-order valence-corrected chi connectivity index (χ2v) is 4.22. The van der Waals surface area contributed by atoms with E-state index in [9.17, 15) is 4.39 Å². The molecule has 0 atom stereocenters. The molecule has 1 aromatic carbocycles. The van der Waals surface area contributed by atoms with Crippen molar-refractivity contribution in [3.8, 4) is 5.88 Å². The summed E-state index contributed by atoms with van der Waals surface area (Å²) in [5.41, 5.74) is 8.07. The molecule has 1 aromatic heterocycles. The van der Waals surface area contributed by atoms with Crippen molar-refractivity contribution in [2.24, 2.45) is 5.73 Å². The van der Waals surface area contributed by atoms with E-state index in [0.717, 1.165) is 16.5 Å². The lowest BCUT2D eigenvalue weighted by Crippen LogP contribution is -2.11. The lowest BCUT2D eigenvalue weighted by molar-refractivity contribution is 0.398. The Labute approximate surface area is 111 Å². The molecule has 3 N–H and O–H groups in total. The summed E-state index contributed by atoms with van der Waals surface area (Å²) in [5, 5.41) is 3.26. The van der Waals surface area contributed by atoms with Crippen LogP contribution in [0.15, 0.2) is 30.2 Å². The number of methoxy groups -OCH3 is 1. The quantitative estimate of drug-likeness (QED) is 0.832. The van der Waals surface area contributed by atoms with E-state index in [4.69, 9.17) is 10.5 Å². The van der Waals surface area contributed by atoms with Gasteiger partial charge in [0.25, 0.3) is 0 Å². The van der Waals surface area contributed by atoms with Crippen LogP contribution in [0.2, 0.25) is 0 Å². The molecule has 19 heavy (non-hydrogen) atoms. The minimum Gasteiger partial charge on any atom is -0.480 e. The molecule has 0 spiro atoms. The smallest absolute Gasteiger partial charge is 0.223 e. The molecule has 0 saturated carbocycles. The van der Waals surface area contributed by atoms with E-state index in [1.807, 2.05) is 25.1 Å². The number of benzene rings is 1. The number of nitrogens with two attached hydrogens (primary N) is 1. The fraction of sp³-hybridized carbons (Fsp3) is 0.214. The molecule has 0 fully saturated rings. The Hall–Kier alpha value is -2.30. The number of hydrogen-bond acceptors (Lipinski definition) is 4. The van der Waals surface area contributed by atoms with E-state index in [2.05, 4.69) is 10.3 Å². The first-order valence-electron chi connectivity index (χ1n) is 5.85. The molecule has 4 nitrogen and oxygen atoms in total. The van der Waals surface area contributed by atoms with Gasteiger partial charge in [0, 0.05) is 12.4 Å². The predicted octanol–water partition coefficient (Wildman–Crippen LogP) is 2.33. The van der Waals surface area contributed by atoms with Gasteiger partial charge in [0.15, 0.2) is 0 Å². The SMILES string of the molecule is CN/C(F)=C(\N)c1cc2ccc(C)cc2nc1OC.